The number of aromatic amines is 1. The fraction of sp³-hybridized carbons (Fsp3) is 0.143. The fourth-order valence-corrected chi connectivity index (χ4v) is 4.04. The van der Waals surface area contributed by atoms with E-state index < -0.39 is 17.5 Å². The molecule has 0 bridgehead atoms. The molecule has 2 aromatic carbocycles. The van der Waals surface area contributed by atoms with Gasteiger partial charge in [0.1, 0.15) is 6.07 Å². The molecule has 1 amide bonds. The monoisotopic (exact) mass is 539 g/mol. The number of aromatic nitrogens is 5. The summed E-state index contributed by atoms with van der Waals surface area (Å²) in [7, 11) is 3.84. The highest BCUT2D eigenvalue weighted by molar-refractivity contribution is 5.96. The summed E-state index contributed by atoms with van der Waals surface area (Å²) in [6, 6.07) is 15.1. The maximum Gasteiger partial charge on any atom is 0.274 e. The van der Waals surface area contributed by atoms with E-state index >= 15 is 0 Å². The standard InChI is InChI=1S/C28H23F2N9O/c1-39(2)27-21-10-19(14-33-25(21)37-38-27)18-6-3-16(4-7-18)12-32-26-24(36-20(11-31)15-34-26)28(40)35-13-17-5-8-22(29)23(30)9-17/h3-10,14-15H,12-13H2,1-2H3,(H,32,34)(H,35,40)(H,33,37,38). The minimum absolute atomic E-state index is 0.0338. The number of nitrogens with zero attached hydrogens (tertiary/aromatic N) is 6. The second-order valence-electron chi connectivity index (χ2n) is 9.11. The van der Waals surface area contributed by atoms with Crippen molar-refractivity contribution in [3.63, 3.8) is 0 Å². The molecule has 3 N–H and O–H groups in total. The summed E-state index contributed by atoms with van der Waals surface area (Å²) in [4.78, 5) is 27.5. The number of amides is 1. The summed E-state index contributed by atoms with van der Waals surface area (Å²) in [6.45, 7) is 0.263. The van der Waals surface area contributed by atoms with Crippen molar-refractivity contribution in [2.75, 3.05) is 24.3 Å². The van der Waals surface area contributed by atoms with Crippen molar-refractivity contribution in [2.45, 2.75) is 13.1 Å². The Bertz CT molecular complexity index is 1740. The first-order valence-corrected chi connectivity index (χ1v) is 12.2. The van der Waals surface area contributed by atoms with E-state index in [-0.39, 0.29) is 23.8 Å². The Hall–Kier alpha value is -5.44. The maximum absolute atomic E-state index is 13.5. The van der Waals surface area contributed by atoms with Gasteiger partial charge in [-0.05, 0) is 34.9 Å². The molecule has 3 aromatic heterocycles. The van der Waals surface area contributed by atoms with Crippen LogP contribution in [0, 0.1) is 23.0 Å². The highest BCUT2D eigenvalue weighted by Gasteiger charge is 2.17. The number of anilines is 2. The number of hydrogen-bond acceptors (Lipinski definition) is 8. The molecule has 5 rings (SSSR count). The van der Waals surface area contributed by atoms with E-state index in [1.165, 1.54) is 12.3 Å². The van der Waals surface area contributed by atoms with Crippen LogP contribution in [0.15, 0.2) is 60.9 Å². The summed E-state index contributed by atoms with van der Waals surface area (Å²) in [5.74, 6) is -1.62. The van der Waals surface area contributed by atoms with Crippen molar-refractivity contribution in [3.05, 3.63) is 95.1 Å². The number of benzene rings is 2. The number of rotatable bonds is 8. The van der Waals surface area contributed by atoms with Crippen LogP contribution in [-0.2, 0) is 13.1 Å². The molecule has 0 radical (unpaired) electrons. The molecular formula is C28H23F2N9O. The Morgan fingerprint density at radius 3 is 2.48 bits per heavy atom. The lowest BCUT2D eigenvalue weighted by Crippen LogP contribution is -2.26. The average Bonchev–Trinajstić information content (AvgIpc) is 3.40. The van der Waals surface area contributed by atoms with Gasteiger partial charge in [0.05, 0.1) is 11.6 Å². The minimum atomic E-state index is -1.01. The van der Waals surface area contributed by atoms with Crippen LogP contribution < -0.4 is 15.5 Å². The normalized spacial score (nSPS) is 10.8. The third-order valence-corrected chi connectivity index (χ3v) is 6.11. The van der Waals surface area contributed by atoms with Crippen molar-refractivity contribution in [1.29, 1.82) is 5.26 Å². The van der Waals surface area contributed by atoms with Crippen molar-refractivity contribution in [3.8, 4) is 17.2 Å². The number of hydrogen-bond donors (Lipinski definition) is 3. The number of nitrogens with one attached hydrogen (secondary N) is 3. The van der Waals surface area contributed by atoms with Gasteiger partial charge in [-0.25, -0.2) is 23.7 Å². The molecule has 200 valence electrons. The van der Waals surface area contributed by atoms with E-state index in [0.717, 1.165) is 40.0 Å². The SMILES string of the molecule is CN(C)c1n[nH]c2ncc(-c3ccc(CNc4ncc(C#N)nc4C(=O)NCc4ccc(F)c(F)c4)cc3)cc12. The van der Waals surface area contributed by atoms with E-state index in [1.807, 2.05) is 55.4 Å². The van der Waals surface area contributed by atoms with Crippen LogP contribution in [0.4, 0.5) is 20.4 Å². The maximum atomic E-state index is 13.5. The van der Waals surface area contributed by atoms with E-state index in [4.69, 9.17) is 0 Å². The van der Waals surface area contributed by atoms with Crippen molar-refractivity contribution in [1.82, 2.24) is 30.5 Å². The quantitative estimate of drug-likeness (QED) is 0.267. The van der Waals surface area contributed by atoms with Gasteiger partial charge in [-0.15, -0.1) is 0 Å². The number of pyridine rings is 1. The molecule has 0 saturated heterocycles. The summed E-state index contributed by atoms with van der Waals surface area (Å²) in [6.07, 6.45) is 3.04. The molecule has 0 spiro atoms. The molecule has 5 aromatic rings. The van der Waals surface area contributed by atoms with Crippen LogP contribution >= 0.6 is 0 Å². The largest absolute Gasteiger partial charge is 0.364 e. The first-order chi connectivity index (χ1) is 19.3. The zero-order chi connectivity index (χ0) is 28.2. The zero-order valence-corrected chi connectivity index (χ0v) is 21.5. The number of carbonyl (C=O) groups is 1. The Balaban J connectivity index is 1.29. The molecule has 0 fully saturated rings. The molecule has 10 nitrogen and oxygen atoms in total. The van der Waals surface area contributed by atoms with Gasteiger partial charge in [0.25, 0.3) is 5.91 Å². The van der Waals surface area contributed by atoms with E-state index in [9.17, 15) is 18.8 Å². The lowest BCUT2D eigenvalue weighted by atomic mass is 10.0. The van der Waals surface area contributed by atoms with Crippen molar-refractivity contribution in [2.24, 2.45) is 0 Å². The second-order valence-corrected chi connectivity index (χ2v) is 9.11. The topological polar surface area (TPSA) is 136 Å². The van der Waals surface area contributed by atoms with Crippen LogP contribution in [0.1, 0.15) is 27.3 Å². The average molecular weight is 540 g/mol. The van der Waals surface area contributed by atoms with Gasteiger partial charge in [-0.2, -0.15) is 10.4 Å². The Morgan fingerprint density at radius 2 is 1.75 bits per heavy atom. The number of carbonyl (C=O) groups excluding carboxylic acids is 1. The zero-order valence-electron chi connectivity index (χ0n) is 21.5. The highest BCUT2D eigenvalue weighted by Crippen LogP contribution is 2.27. The summed E-state index contributed by atoms with van der Waals surface area (Å²) in [5, 5.41) is 23.1. The number of halogens is 2. The molecule has 12 heteroatoms. The Morgan fingerprint density at radius 1 is 0.975 bits per heavy atom. The number of fused-ring (bicyclic) bond motifs is 1. The van der Waals surface area contributed by atoms with Crippen LogP contribution in [-0.4, -0.2) is 45.2 Å². The molecule has 3 heterocycles. The fourth-order valence-electron chi connectivity index (χ4n) is 4.04. The smallest absolute Gasteiger partial charge is 0.274 e. The first kappa shape index (κ1) is 26.2. The van der Waals surface area contributed by atoms with Gasteiger partial charge >= 0.3 is 0 Å². The van der Waals surface area contributed by atoms with E-state index in [0.29, 0.717) is 17.8 Å². The van der Waals surface area contributed by atoms with E-state index in [1.54, 1.807) is 6.20 Å². The van der Waals surface area contributed by atoms with Crippen LogP contribution in [0.3, 0.4) is 0 Å². The molecule has 0 saturated carbocycles. The summed E-state index contributed by atoms with van der Waals surface area (Å²) >= 11 is 0. The molecule has 0 unspecified atom stereocenters. The summed E-state index contributed by atoms with van der Waals surface area (Å²) < 4.78 is 26.7. The second kappa shape index (κ2) is 11.1. The van der Waals surface area contributed by atoms with Crippen molar-refractivity contribution >= 4 is 28.6 Å². The van der Waals surface area contributed by atoms with Crippen molar-refractivity contribution < 1.29 is 13.6 Å². The first-order valence-electron chi connectivity index (χ1n) is 12.2. The Kier molecular flexibility index (Phi) is 7.28. The van der Waals surface area contributed by atoms with Gasteiger partial charge in [0, 0.05) is 38.9 Å². The third kappa shape index (κ3) is 5.53. The third-order valence-electron chi connectivity index (χ3n) is 6.11. The molecular weight excluding hydrogens is 516 g/mol. The summed E-state index contributed by atoms with van der Waals surface area (Å²) in [5.41, 5.74) is 3.78. The highest BCUT2D eigenvalue weighted by atomic mass is 19.2. The predicted molar refractivity (Wildman–Crippen MR) is 145 cm³/mol. The van der Waals surface area contributed by atoms with Gasteiger partial charge in [0.15, 0.2) is 40.3 Å². The number of nitriles is 1. The predicted octanol–water partition coefficient (Wildman–Crippen LogP) is 4.17. The molecule has 0 aliphatic carbocycles. The van der Waals surface area contributed by atoms with Crippen LogP contribution in [0.5, 0.6) is 0 Å². The lowest BCUT2D eigenvalue weighted by molar-refractivity contribution is 0.0946. The van der Waals surface area contributed by atoms with Gasteiger partial charge in [-0.3, -0.25) is 9.89 Å². The van der Waals surface area contributed by atoms with Crippen LogP contribution in [0.25, 0.3) is 22.2 Å². The van der Waals surface area contributed by atoms with Gasteiger partial charge in [0.2, 0.25) is 0 Å². The number of H-pyrrole nitrogens is 1. The van der Waals surface area contributed by atoms with Gasteiger partial charge in [-0.1, -0.05) is 30.3 Å². The molecule has 40 heavy (non-hydrogen) atoms. The minimum Gasteiger partial charge on any atom is -0.364 e. The molecule has 0 aliphatic rings. The van der Waals surface area contributed by atoms with Crippen LogP contribution in [0.2, 0.25) is 0 Å². The lowest BCUT2D eigenvalue weighted by Gasteiger charge is -2.12. The molecule has 0 atom stereocenters. The van der Waals surface area contributed by atoms with E-state index in [2.05, 4.69) is 35.8 Å². The Labute approximate surface area is 227 Å². The molecule has 0 aliphatic heterocycles. The van der Waals surface area contributed by atoms with Gasteiger partial charge < -0.3 is 15.5 Å².